The van der Waals surface area contributed by atoms with Crippen LogP contribution >= 0.6 is 0 Å². The smallest absolute Gasteiger partial charge is 0.255 e. The second kappa shape index (κ2) is 9.51. The minimum Gasteiger partial charge on any atom is -0.497 e. The maximum atomic E-state index is 13.0. The molecule has 0 saturated carbocycles. The van der Waals surface area contributed by atoms with E-state index in [9.17, 15) is 9.59 Å². The minimum absolute atomic E-state index is 0.0309. The number of benzene rings is 1. The van der Waals surface area contributed by atoms with Gasteiger partial charge in [-0.05, 0) is 43.4 Å². The molecule has 1 saturated heterocycles. The number of nitrogens with zero attached hydrogens (tertiary/aromatic N) is 3. The fraction of sp³-hybridized carbons (Fsp3) is 0.500. The molecule has 2 atom stereocenters. The molecule has 0 spiro atoms. The summed E-state index contributed by atoms with van der Waals surface area (Å²) in [6.07, 6.45) is 8.70. The zero-order valence-corrected chi connectivity index (χ0v) is 19.3. The number of aromatic amines is 1. The van der Waals surface area contributed by atoms with Crippen LogP contribution in [0.1, 0.15) is 54.2 Å². The van der Waals surface area contributed by atoms with Crippen LogP contribution in [0.4, 0.5) is 0 Å². The van der Waals surface area contributed by atoms with Crippen molar-refractivity contribution >= 4 is 5.91 Å². The minimum atomic E-state index is -0.0309. The van der Waals surface area contributed by atoms with Gasteiger partial charge in [0.1, 0.15) is 11.6 Å². The Morgan fingerprint density at radius 3 is 2.79 bits per heavy atom. The number of ether oxygens (including phenoxy) is 1. The Labute approximate surface area is 194 Å². The van der Waals surface area contributed by atoms with Crippen molar-refractivity contribution < 1.29 is 9.53 Å². The van der Waals surface area contributed by atoms with Gasteiger partial charge in [0.2, 0.25) is 5.91 Å². The fourth-order valence-corrected chi connectivity index (χ4v) is 5.28. The summed E-state index contributed by atoms with van der Waals surface area (Å²) in [7, 11) is 1.67. The lowest BCUT2D eigenvalue weighted by Gasteiger charge is -2.28. The SMILES string of the molecule is COc1ccc(CN2CCc3nc([C@H]4CCN(C(=O)[C@H]5CC=CCC5)C4)[nH]c(=O)c3C2)cc1. The molecule has 1 aromatic heterocycles. The molecule has 2 aromatic rings. The molecular formula is C26H32N4O3. The maximum Gasteiger partial charge on any atom is 0.255 e. The van der Waals surface area contributed by atoms with Crippen molar-refractivity contribution in [3.05, 3.63) is 69.4 Å². The Morgan fingerprint density at radius 2 is 2.03 bits per heavy atom. The first-order valence-corrected chi connectivity index (χ1v) is 12.0. The van der Waals surface area contributed by atoms with Gasteiger partial charge in [0.25, 0.3) is 5.56 Å². The molecule has 174 valence electrons. The molecule has 1 amide bonds. The van der Waals surface area contributed by atoms with E-state index in [2.05, 4.69) is 34.2 Å². The fourth-order valence-electron chi connectivity index (χ4n) is 5.28. The van der Waals surface area contributed by atoms with Crippen LogP contribution in [0.3, 0.4) is 0 Å². The molecule has 5 rings (SSSR count). The van der Waals surface area contributed by atoms with Crippen molar-refractivity contribution in [1.29, 1.82) is 0 Å². The number of hydrogen-bond acceptors (Lipinski definition) is 5. The van der Waals surface area contributed by atoms with E-state index < -0.39 is 0 Å². The molecular weight excluding hydrogens is 416 g/mol. The Morgan fingerprint density at radius 1 is 1.18 bits per heavy atom. The number of amides is 1. The molecule has 0 radical (unpaired) electrons. The molecule has 1 N–H and O–H groups in total. The number of aromatic nitrogens is 2. The van der Waals surface area contributed by atoms with E-state index in [-0.39, 0.29) is 23.3 Å². The highest BCUT2D eigenvalue weighted by Gasteiger charge is 2.33. The van der Waals surface area contributed by atoms with Gasteiger partial charge in [-0.2, -0.15) is 0 Å². The highest BCUT2D eigenvalue weighted by molar-refractivity contribution is 5.79. The lowest BCUT2D eigenvalue weighted by Crippen LogP contribution is -2.36. The van der Waals surface area contributed by atoms with Crippen LogP contribution in [-0.2, 0) is 24.3 Å². The number of methoxy groups -OCH3 is 1. The summed E-state index contributed by atoms with van der Waals surface area (Å²) in [4.78, 5) is 38.0. The Bertz CT molecular complexity index is 1090. The summed E-state index contributed by atoms with van der Waals surface area (Å²) in [6, 6.07) is 8.07. The van der Waals surface area contributed by atoms with Crippen molar-refractivity contribution in [2.45, 2.75) is 51.1 Å². The standard InChI is InChI=1S/C26H32N4O3/c1-33-21-9-7-18(8-10-21)15-29-13-12-23-22(17-29)25(31)28-24(27-23)20-11-14-30(16-20)26(32)19-5-3-2-4-6-19/h2-3,7-10,19-20H,4-6,11-17H2,1H3,(H,27,28,31)/t19-,20-/m0/s1. The summed E-state index contributed by atoms with van der Waals surface area (Å²) in [5, 5.41) is 0. The van der Waals surface area contributed by atoms with E-state index in [4.69, 9.17) is 9.72 Å². The third-order valence-electron chi connectivity index (χ3n) is 7.24. The van der Waals surface area contributed by atoms with Crippen molar-refractivity contribution in [3.8, 4) is 5.75 Å². The van der Waals surface area contributed by atoms with Crippen molar-refractivity contribution in [2.75, 3.05) is 26.7 Å². The quantitative estimate of drug-likeness (QED) is 0.712. The summed E-state index contributed by atoms with van der Waals surface area (Å²) in [6.45, 7) is 3.68. The third-order valence-corrected chi connectivity index (χ3v) is 7.24. The molecule has 7 heteroatoms. The summed E-state index contributed by atoms with van der Waals surface area (Å²) in [5.41, 5.74) is 2.86. The highest BCUT2D eigenvalue weighted by atomic mass is 16.5. The Balaban J connectivity index is 1.24. The number of rotatable bonds is 5. The van der Waals surface area contributed by atoms with Crippen molar-refractivity contribution in [1.82, 2.24) is 19.8 Å². The van der Waals surface area contributed by atoms with E-state index in [1.165, 1.54) is 5.56 Å². The van der Waals surface area contributed by atoms with Crippen molar-refractivity contribution in [3.63, 3.8) is 0 Å². The number of likely N-dealkylation sites (tertiary alicyclic amines) is 1. The molecule has 1 aromatic carbocycles. The van der Waals surface area contributed by atoms with Crippen LogP contribution in [-0.4, -0.2) is 52.4 Å². The van der Waals surface area contributed by atoms with E-state index in [1.807, 2.05) is 17.0 Å². The summed E-state index contributed by atoms with van der Waals surface area (Å²) >= 11 is 0. The van der Waals surface area contributed by atoms with Gasteiger partial charge in [-0.3, -0.25) is 14.5 Å². The molecule has 0 unspecified atom stereocenters. The first kappa shape index (κ1) is 21.9. The van der Waals surface area contributed by atoms with Gasteiger partial charge in [-0.15, -0.1) is 0 Å². The average Bonchev–Trinajstić information content (AvgIpc) is 3.35. The van der Waals surface area contributed by atoms with Gasteiger partial charge in [-0.1, -0.05) is 24.3 Å². The molecule has 33 heavy (non-hydrogen) atoms. The number of nitrogens with one attached hydrogen (secondary N) is 1. The summed E-state index contributed by atoms with van der Waals surface area (Å²) < 4.78 is 5.23. The van der Waals surface area contributed by atoms with Crippen LogP contribution < -0.4 is 10.3 Å². The van der Waals surface area contributed by atoms with E-state index in [1.54, 1.807) is 7.11 Å². The van der Waals surface area contributed by atoms with Gasteiger partial charge >= 0.3 is 0 Å². The molecule has 1 aliphatic carbocycles. The normalized spacial score (nSPS) is 22.9. The first-order chi connectivity index (χ1) is 16.1. The number of H-pyrrole nitrogens is 1. The number of carbonyl (C=O) groups is 1. The summed E-state index contributed by atoms with van der Waals surface area (Å²) in [5.74, 6) is 2.08. The van der Waals surface area contributed by atoms with Gasteiger partial charge in [0.05, 0.1) is 18.4 Å². The number of carbonyl (C=O) groups excluding carboxylic acids is 1. The zero-order valence-electron chi connectivity index (χ0n) is 19.3. The second-order valence-electron chi connectivity index (χ2n) is 9.44. The predicted molar refractivity (Wildman–Crippen MR) is 126 cm³/mol. The maximum absolute atomic E-state index is 13.0. The lowest BCUT2D eigenvalue weighted by atomic mass is 9.93. The Kier molecular flexibility index (Phi) is 6.31. The molecule has 2 aliphatic heterocycles. The molecule has 3 heterocycles. The molecule has 7 nitrogen and oxygen atoms in total. The molecule has 3 aliphatic rings. The van der Waals surface area contributed by atoms with E-state index in [0.717, 1.165) is 74.6 Å². The van der Waals surface area contributed by atoms with Gasteiger partial charge in [0.15, 0.2) is 0 Å². The van der Waals surface area contributed by atoms with Crippen molar-refractivity contribution in [2.24, 2.45) is 5.92 Å². The first-order valence-electron chi connectivity index (χ1n) is 12.0. The second-order valence-corrected chi connectivity index (χ2v) is 9.44. The number of hydrogen-bond donors (Lipinski definition) is 1. The zero-order chi connectivity index (χ0) is 22.8. The third kappa shape index (κ3) is 4.74. The number of fused-ring (bicyclic) bond motifs is 1. The Hall–Kier alpha value is -2.93. The monoisotopic (exact) mass is 448 g/mol. The van der Waals surface area contributed by atoms with Crippen LogP contribution in [0.5, 0.6) is 5.75 Å². The topological polar surface area (TPSA) is 78.5 Å². The van der Waals surface area contributed by atoms with Gasteiger partial charge in [0, 0.05) is 51.0 Å². The number of allylic oxidation sites excluding steroid dienone is 2. The molecule has 1 fully saturated rings. The lowest BCUT2D eigenvalue weighted by molar-refractivity contribution is -0.134. The van der Waals surface area contributed by atoms with E-state index in [0.29, 0.717) is 13.1 Å². The highest BCUT2D eigenvalue weighted by Crippen LogP contribution is 2.29. The van der Waals surface area contributed by atoms with Crippen LogP contribution in [0.15, 0.2) is 41.2 Å². The largest absolute Gasteiger partial charge is 0.497 e. The predicted octanol–water partition coefficient (Wildman–Crippen LogP) is 3.01. The van der Waals surface area contributed by atoms with Gasteiger partial charge < -0.3 is 14.6 Å². The van der Waals surface area contributed by atoms with Crippen LogP contribution in [0.2, 0.25) is 0 Å². The van der Waals surface area contributed by atoms with Gasteiger partial charge in [-0.25, -0.2) is 4.98 Å². The van der Waals surface area contributed by atoms with Crippen LogP contribution in [0, 0.1) is 5.92 Å². The molecule has 0 bridgehead atoms. The van der Waals surface area contributed by atoms with Crippen LogP contribution in [0.25, 0.3) is 0 Å². The van der Waals surface area contributed by atoms with E-state index >= 15 is 0 Å². The average molecular weight is 449 g/mol.